The number of nitrogens with one attached hydrogen (secondary N) is 1. The second-order valence-corrected chi connectivity index (χ2v) is 5.06. The van der Waals surface area contributed by atoms with E-state index in [2.05, 4.69) is 5.32 Å². The van der Waals surface area contributed by atoms with Gasteiger partial charge in [0, 0.05) is 6.42 Å². The lowest BCUT2D eigenvalue weighted by molar-refractivity contribution is -0.141. The van der Waals surface area contributed by atoms with Crippen LogP contribution in [0.5, 0.6) is 0 Å². The number of carbonyl (C=O) groups excluding carboxylic acids is 1. The van der Waals surface area contributed by atoms with Gasteiger partial charge in [-0.1, -0.05) is 30.3 Å². The van der Waals surface area contributed by atoms with Crippen LogP contribution in [-0.4, -0.2) is 23.0 Å². The Balaban J connectivity index is 2.01. The summed E-state index contributed by atoms with van der Waals surface area (Å²) in [5, 5.41) is 11.5. The zero-order chi connectivity index (χ0) is 16.8. The minimum atomic E-state index is -1.25. The molecule has 0 radical (unpaired) electrons. The molecule has 2 N–H and O–H groups in total. The van der Waals surface area contributed by atoms with Gasteiger partial charge in [0.15, 0.2) is 0 Å². The Labute approximate surface area is 131 Å². The predicted molar refractivity (Wildman–Crippen MR) is 79.8 cm³/mol. The summed E-state index contributed by atoms with van der Waals surface area (Å²) in [6, 6.07) is 9.89. The Bertz CT molecular complexity index is 701. The van der Waals surface area contributed by atoms with E-state index in [0.29, 0.717) is 5.56 Å². The van der Waals surface area contributed by atoms with Gasteiger partial charge >= 0.3 is 5.97 Å². The van der Waals surface area contributed by atoms with Crippen LogP contribution in [0.25, 0.3) is 0 Å². The Morgan fingerprint density at radius 3 is 2.30 bits per heavy atom. The van der Waals surface area contributed by atoms with Crippen molar-refractivity contribution in [3.05, 3.63) is 71.3 Å². The molecule has 120 valence electrons. The number of carboxylic acids is 1. The van der Waals surface area contributed by atoms with E-state index in [0.717, 1.165) is 0 Å². The molecule has 1 atom stereocenters. The number of aliphatic carboxylic acids is 1. The molecule has 6 heteroatoms. The molecule has 0 aliphatic rings. The fraction of sp³-hybridized carbons (Fsp3) is 0.176. The second-order valence-electron chi connectivity index (χ2n) is 5.06. The number of amides is 1. The van der Waals surface area contributed by atoms with E-state index < -0.39 is 29.6 Å². The first kappa shape index (κ1) is 16.6. The first-order chi connectivity index (χ1) is 11.0. The third-order valence-corrected chi connectivity index (χ3v) is 3.29. The average molecular weight is 319 g/mol. The van der Waals surface area contributed by atoms with Gasteiger partial charge in [0.2, 0.25) is 5.91 Å². The van der Waals surface area contributed by atoms with Gasteiger partial charge in [-0.15, -0.1) is 0 Å². The summed E-state index contributed by atoms with van der Waals surface area (Å²) < 4.78 is 26.4. The third-order valence-electron chi connectivity index (χ3n) is 3.29. The molecule has 0 spiro atoms. The van der Waals surface area contributed by atoms with Gasteiger partial charge < -0.3 is 10.4 Å². The first-order valence-electron chi connectivity index (χ1n) is 6.95. The lowest BCUT2D eigenvalue weighted by Crippen LogP contribution is -2.43. The molecule has 0 saturated carbocycles. The maximum atomic E-state index is 13.6. The summed E-state index contributed by atoms with van der Waals surface area (Å²) in [5.41, 5.74) is 0.765. The lowest BCUT2D eigenvalue weighted by Gasteiger charge is -2.15. The van der Waals surface area contributed by atoms with Crippen LogP contribution in [0.3, 0.4) is 0 Å². The Kier molecular flexibility index (Phi) is 5.41. The number of halogens is 2. The van der Waals surface area contributed by atoms with Gasteiger partial charge in [0.1, 0.15) is 17.7 Å². The lowest BCUT2D eigenvalue weighted by atomic mass is 10.0. The molecule has 2 aromatic rings. The fourth-order valence-electron chi connectivity index (χ4n) is 2.12. The van der Waals surface area contributed by atoms with Gasteiger partial charge in [-0.05, 0) is 29.3 Å². The van der Waals surface area contributed by atoms with Crippen LogP contribution in [-0.2, 0) is 22.4 Å². The molecular weight excluding hydrogens is 304 g/mol. The molecule has 1 amide bonds. The molecule has 4 nitrogen and oxygen atoms in total. The highest BCUT2D eigenvalue weighted by molar-refractivity contribution is 5.85. The fourth-order valence-corrected chi connectivity index (χ4v) is 2.12. The van der Waals surface area contributed by atoms with Gasteiger partial charge in [0.05, 0.1) is 6.42 Å². The van der Waals surface area contributed by atoms with Gasteiger partial charge in [-0.3, -0.25) is 4.79 Å². The molecular formula is C17H15F2NO3. The van der Waals surface area contributed by atoms with Crippen molar-refractivity contribution in [3.8, 4) is 0 Å². The SMILES string of the molecule is O=C(Cc1ccc(F)cc1)N[C@H](Cc1ccccc1F)C(=O)O. The van der Waals surface area contributed by atoms with E-state index >= 15 is 0 Å². The van der Waals surface area contributed by atoms with Gasteiger partial charge in [-0.2, -0.15) is 0 Å². The third kappa shape index (κ3) is 4.88. The van der Waals surface area contributed by atoms with E-state index in [4.69, 9.17) is 0 Å². The zero-order valence-electron chi connectivity index (χ0n) is 12.1. The van der Waals surface area contributed by atoms with E-state index in [1.165, 1.54) is 42.5 Å². The maximum absolute atomic E-state index is 13.6. The largest absolute Gasteiger partial charge is 0.480 e. The number of carboxylic acid groups (broad SMARTS) is 1. The Morgan fingerprint density at radius 1 is 1.04 bits per heavy atom. The highest BCUT2D eigenvalue weighted by Crippen LogP contribution is 2.10. The van der Waals surface area contributed by atoms with Crippen LogP contribution in [0, 0.1) is 11.6 Å². The van der Waals surface area contributed by atoms with E-state index in [1.807, 2.05) is 0 Å². The van der Waals surface area contributed by atoms with Crippen LogP contribution < -0.4 is 5.32 Å². The number of hydrogen-bond acceptors (Lipinski definition) is 2. The Hall–Kier alpha value is -2.76. The number of benzene rings is 2. The predicted octanol–water partition coefficient (Wildman–Crippen LogP) is 2.32. The van der Waals surface area contributed by atoms with Crippen molar-refractivity contribution in [2.24, 2.45) is 0 Å². The van der Waals surface area contributed by atoms with Crippen molar-refractivity contribution in [2.75, 3.05) is 0 Å². The molecule has 0 saturated heterocycles. The maximum Gasteiger partial charge on any atom is 0.326 e. The molecule has 0 heterocycles. The molecule has 2 aromatic carbocycles. The van der Waals surface area contributed by atoms with E-state index in [-0.39, 0.29) is 18.4 Å². The highest BCUT2D eigenvalue weighted by atomic mass is 19.1. The van der Waals surface area contributed by atoms with Crippen molar-refractivity contribution in [1.82, 2.24) is 5.32 Å². The summed E-state index contributed by atoms with van der Waals surface area (Å²) >= 11 is 0. The van der Waals surface area contributed by atoms with Crippen molar-refractivity contribution >= 4 is 11.9 Å². The number of rotatable bonds is 6. The number of hydrogen-bond donors (Lipinski definition) is 2. The second kappa shape index (κ2) is 7.49. The summed E-state index contributed by atoms with van der Waals surface area (Å²) in [7, 11) is 0. The van der Waals surface area contributed by atoms with Crippen LogP contribution in [0.1, 0.15) is 11.1 Å². The van der Waals surface area contributed by atoms with Crippen molar-refractivity contribution < 1.29 is 23.5 Å². The first-order valence-corrected chi connectivity index (χ1v) is 6.95. The molecule has 0 aliphatic carbocycles. The molecule has 0 unspecified atom stereocenters. The van der Waals surface area contributed by atoms with Crippen LogP contribution in [0.15, 0.2) is 48.5 Å². The van der Waals surface area contributed by atoms with E-state index in [1.54, 1.807) is 6.07 Å². The molecule has 2 rings (SSSR count). The topological polar surface area (TPSA) is 66.4 Å². The van der Waals surface area contributed by atoms with Gasteiger partial charge in [-0.25, -0.2) is 13.6 Å². The molecule has 0 aromatic heterocycles. The monoisotopic (exact) mass is 319 g/mol. The number of carbonyl (C=O) groups is 2. The van der Waals surface area contributed by atoms with Crippen LogP contribution in [0.2, 0.25) is 0 Å². The van der Waals surface area contributed by atoms with Crippen LogP contribution >= 0.6 is 0 Å². The normalized spacial score (nSPS) is 11.7. The minimum Gasteiger partial charge on any atom is -0.480 e. The minimum absolute atomic E-state index is 0.0820. The van der Waals surface area contributed by atoms with Gasteiger partial charge in [0.25, 0.3) is 0 Å². The van der Waals surface area contributed by atoms with Crippen molar-refractivity contribution in [1.29, 1.82) is 0 Å². The quantitative estimate of drug-likeness (QED) is 0.859. The molecule has 0 aliphatic heterocycles. The summed E-state index contributed by atoms with van der Waals surface area (Å²) in [6.07, 6.45) is -0.238. The van der Waals surface area contributed by atoms with Crippen LogP contribution in [0.4, 0.5) is 8.78 Å². The highest BCUT2D eigenvalue weighted by Gasteiger charge is 2.21. The van der Waals surface area contributed by atoms with Crippen molar-refractivity contribution in [2.45, 2.75) is 18.9 Å². The summed E-state index contributed by atoms with van der Waals surface area (Å²) in [5.74, 6) is -2.72. The van der Waals surface area contributed by atoms with E-state index in [9.17, 15) is 23.5 Å². The molecule has 0 fully saturated rings. The standard InChI is InChI=1S/C17H15F2NO3/c18-13-7-5-11(6-8-13)9-16(21)20-15(17(22)23)10-12-3-1-2-4-14(12)19/h1-8,15H,9-10H2,(H,20,21)(H,22,23)/t15-/m1/s1. The zero-order valence-corrected chi connectivity index (χ0v) is 12.1. The summed E-state index contributed by atoms with van der Waals surface area (Å²) in [4.78, 5) is 23.2. The average Bonchev–Trinajstić information content (AvgIpc) is 2.51. The smallest absolute Gasteiger partial charge is 0.326 e. The molecule has 23 heavy (non-hydrogen) atoms. The summed E-state index contributed by atoms with van der Waals surface area (Å²) in [6.45, 7) is 0. The van der Waals surface area contributed by atoms with Crippen molar-refractivity contribution in [3.63, 3.8) is 0 Å². The molecule has 0 bridgehead atoms. The Morgan fingerprint density at radius 2 is 1.70 bits per heavy atom.